The number of hydrogen-bond acceptors (Lipinski definition) is 5. The third-order valence-corrected chi connectivity index (χ3v) is 4.99. The number of halogens is 2. The molecule has 2 aromatic carbocycles. The summed E-state index contributed by atoms with van der Waals surface area (Å²) in [5.74, 6) is 0.536. The number of thiazole rings is 1. The number of nitrogens with one attached hydrogen (secondary N) is 1. The van der Waals surface area contributed by atoms with Crippen LogP contribution in [0.25, 0.3) is 10.6 Å². The molecular weight excluding hydrogens is 395 g/mol. The first-order valence-electron chi connectivity index (χ1n) is 7.46. The van der Waals surface area contributed by atoms with Gasteiger partial charge in [0.05, 0.1) is 24.9 Å². The predicted molar refractivity (Wildman–Crippen MR) is 105 cm³/mol. The van der Waals surface area contributed by atoms with Crippen molar-refractivity contribution in [3.63, 3.8) is 0 Å². The molecule has 3 rings (SSSR count). The van der Waals surface area contributed by atoms with Crippen molar-refractivity contribution in [3.05, 3.63) is 57.5 Å². The highest BCUT2D eigenvalue weighted by molar-refractivity contribution is 7.13. The molecule has 26 heavy (non-hydrogen) atoms. The lowest BCUT2D eigenvalue weighted by atomic mass is 10.2. The van der Waals surface area contributed by atoms with Crippen molar-refractivity contribution < 1.29 is 14.3 Å². The molecule has 1 N–H and O–H groups in total. The number of carbonyl (C=O) groups excluding carboxylic acids is 1. The van der Waals surface area contributed by atoms with Crippen molar-refractivity contribution in [2.75, 3.05) is 19.5 Å². The van der Waals surface area contributed by atoms with E-state index in [1.807, 2.05) is 12.1 Å². The number of aromatic nitrogens is 1. The molecule has 5 nitrogen and oxygen atoms in total. The molecule has 0 radical (unpaired) electrons. The van der Waals surface area contributed by atoms with Gasteiger partial charge in [-0.3, -0.25) is 4.79 Å². The first-order chi connectivity index (χ1) is 12.5. The summed E-state index contributed by atoms with van der Waals surface area (Å²) in [7, 11) is 3.01. The Labute approximate surface area is 164 Å². The summed E-state index contributed by atoms with van der Waals surface area (Å²) in [6, 6.07) is 10.5. The molecular formula is C18H14Cl2N2O3S. The highest BCUT2D eigenvalue weighted by atomic mass is 35.5. The molecule has 0 saturated heterocycles. The molecule has 0 spiro atoms. The Kier molecular flexibility index (Phi) is 5.66. The molecule has 0 aliphatic rings. The van der Waals surface area contributed by atoms with Gasteiger partial charge in [-0.25, -0.2) is 4.98 Å². The van der Waals surface area contributed by atoms with Crippen LogP contribution in [0.3, 0.4) is 0 Å². The number of methoxy groups -OCH3 is 2. The topological polar surface area (TPSA) is 60.5 Å². The molecule has 134 valence electrons. The van der Waals surface area contributed by atoms with Gasteiger partial charge in [-0.05, 0) is 18.2 Å². The van der Waals surface area contributed by atoms with E-state index in [0.717, 1.165) is 10.6 Å². The van der Waals surface area contributed by atoms with E-state index in [2.05, 4.69) is 10.3 Å². The summed E-state index contributed by atoms with van der Waals surface area (Å²) >= 11 is 13.4. The average molecular weight is 409 g/mol. The van der Waals surface area contributed by atoms with Crippen molar-refractivity contribution in [3.8, 4) is 22.1 Å². The number of rotatable bonds is 5. The highest BCUT2D eigenvalue weighted by Gasteiger charge is 2.16. The quantitative estimate of drug-likeness (QED) is 0.614. The SMILES string of the molecule is COc1cc(OC)c(NC(=O)c2csc(-c3ccc(Cl)cc3)n2)cc1Cl. The maximum Gasteiger partial charge on any atom is 0.275 e. The van der Waals surface area contributed by atoms with Gasteiger partial charge in [-0.1, -0.05) is 35.3 Å². The molecule has 1 heterocycles. The van der Waals surface area contributed by atoms with Gasteiger partial charge in [0.1, 0.15) is 22.2 Å². The highest BCUT2D eigenvalue weighted by Crippen LogP contribution is 2.36. The molecule has 0 fully saturated rings. The normalized spacial score (nSPS) is 10.5. The zero-order valence-electron chi connectivity index (χ0n) is 13.9. The van der Waals surface area contributed by atoms with Gasteiger partial charge in [0.2, 0.25) is 0 Å². The monoisotopic (exact) mass is 408 g/mol. The number of hydrogen-bond donors (Lipinski definition) is 1. The number of benzene rings is 2. The summed E-state index contributed by atoms with van der Waals surface area (Å²) in [6.07, 6.45) is 0. The fraction of sp³-hybridized carbons (Fsp3) is 0.111. The van der Waals surface area contributed by atoms with E-state index in [1.165, 1.54) is 25.6 Å². The number of nitrogens with zero attached hydrogens (tertiary/aromatic N) is 1. The van der Waals surface area contributed by atoms with E-state index >= 15 is 0 Å². The summed E-state index contributed by atoms with van der Waals surface area (Å²) in [6.45, 7) is 0. The van der Waals surface area contributed by atoms with E-state index in [-0.39, 0.29) is 5.91 Å². The predicted octanol–water partition coefficient (Wildman–Crippen LogP) is 5.39. The van der Waals surface area contributed by atoms with Crippen LogP contribution in [0.2, 0.25) is 10.0 Å². The lowest BCUT2D eigenvalue weighted by Crippen LogP contribution is -2.13. The summed E-state index contributed by atoms with van der Waals surface area (Å²) in [5, 5.41) is 6.19. The third-order valence-electron chi connectivity index (χ3n) is 3.55. The van der Waals surface area contributed by atoms with Crippen molar-refractivity contribution >= 4 is 46.1 Å². The minimum Gasteiger partial charge on any atom is -0.495 e. The fourth-order valence-electron chi connectivity index (χ4n) is 2.25. The van der Waals surface area contributed by atoms with Gasteiger partial charge >= 0.3 is 0 Å². The van der Waals surface area contributed by atoms with E-state index in [1.54, 1.807) is 29.6 Å². The lowest BCUT2D eigenvalue weighted by Gasteiger charge is -2.12. The maximum absolute atomic E-state index is 12.5. The number of carbonyl (C=O) groups is 1. The van der Waals surface area contributed by atoms with E-state index in [9.17, 15) is 4.79 Å². The van der Waals surface area contributed by atoms with Crippen LogP contribution < -0.4 is 14.8 Å². The second kappa shape index (κ2) is 7.95. The summed E-state index contributed by atoms with van der Waals surface area (Å²) in [4.78, 5) is 16.9. The Morgan fingerprint density at radius 2 is 1.77 bits per heavy atom. The minimum absolute atomic E-state index is 0.300. The first-order valence-corrected chi connectivity index (χ1v) is 9.09. The van der Waals surface area contributed by atoms with E-state index in [0.29, 0.717) is 32.9 Å². The smallest absolute Gasteiger partial charge is 0.275 e. The van der Waals surface area contributed by atoms with Crippen LogP contribution in [0.15, 0.2) is 41.8 Å². The van der Waals surface area contributed by atoms with Crippen molar-refractivity contribution in [1.82, 2.24) is 4.98 Å². The molecule has 0 bridgehead atoms. The molecule has 1 amide bonds. The van der Waals surface area contributed by atoms with Crippen molar-refractivity contribution in [2.45, 2.75) is 0 Å². The molecule has 1 aromatic heterocycles. The minimum atomic E-state index is -0.360. The van der Waals surface area contributed by atoms with Gasteiger partial charge in [-0.2, -0.15) is 0 Å². The Hall–Kier alpha value is -2.28. The Morgan fingerprint density at radius 1 is 1.08 bits per heavy atom. The summed E-state index contributed by atoms with van der Waals surface area (Å²) in [5.41, 5.74) is 1.63. The van der Waals surface area contributed by atoms with Gasteiger partial charge in [0.15, 0.2) is 0 Å². The molecule has 0 aliphatic heterocycles. The van der Waals surface area contributed by atoms with Gasteiger partial charge < -0.3 is 14.8 Å². The van der Waals surface area contributed by atoms with Crippen molar-refractivity contribution in [1.29, 1.82) is 0 Å². The van der Waals surface area contributed by atoms with Gasteiger partial charge in [0.25, 0.3) is 5.91 Å². The molecule has 0 unspecified atom stereocenters. The molecule has 0 aliphatic carbocycles. The van der Waals surface area contributed by atoms with Crippen LogP contribution >= 0.6 is 34.5 Å². The van der Waals surface area contributed by atoms with Crippen LogP contribution in [0, 0.1) is 0 Å². The van der Waals surface area contributed by atoms with Crippen LogP contribution in [0.4, 0.5) is 5.69 Å². The maximum atomic E-state index is 12.5. The Balaban J connectivity index is 1.83. The second-order valence-electron chi connectivity index (χ2n) is 5.19. The number of anilines is 1. The van der Waals surface area contributed by atoms with E-state index in [4.69, 9.17) is 32.7 Å². The largest absolute Gasteiger partial charge is 0.495 e. The number of amides is 1. The standard InChI is InChI=1S/C18H14Cl2N2O3S/c1-24-15-8-16(25-2)13(7-12(15)20)21-17(23)14-9-26-18(22-14)10-3-5-11(19)6-4-10/h3-9H,1-2H3,(H,21,23). The molecule has 3 aromatic rings. The van der Waals surface area contributed by atoms with Gasteiger partial charge in [0, 0.05) is 22.0 Å². The Morgan fingerprint density at radius 3 is 2.42 bits per heavy atom. The summed E-state index contributed by atoms with van der Waals surface area (Å²) < 4.78 is 10.4. The van der Waals surface area contributed by atoms with Crippen LogP contribution in [-0.2, 0) is 0 Å². The zero-order chi connectivity index (χ0) is 18.7. The Bertz CT molecular complexity index is 942. The van der Waals surface area contributed by atoms with Crippen molar-refractivity contribution in [2.24, 2.45) is 0 Å². The lowest BCUT2D eigenvalue weighted by molar-refractivity contribution is 0.102. The average Bonchev–Trinajstić information content (AvgIpc) is 3.13. The van der Waals surface area contributed by atoms with Gasteiger partial charge in [-0.15, -0.1) is 11.3 Å². The van der Waals surface area contributed by atoms with Crippen LogP contribution in [-0.4, -0.2) is 25.1 Å². The first kappa shape index (κ1) is 18.5. The number of ether oxygens (including phenoxy) is 2. The fourth-order valence-corrected chi connectivity index (χ4v) is 3.42. The second-order valence-corrected chi connectivity index (χ2v) is 6.89. The zero-order valence-corrected chi connectivity index (χ0v) is 16.2. The molecule has 8 heteroatoms. The third kappa shape index (κ3) is 3.93. The van der Waals surface area contributed by atoms with Crippen LogP contribution in [0.1, 0.15) is 10.5 Å². The molecule has 0 atom stereocenters. The van der Waals surface area contributed by atoms with Crippen LogP contribution in [0.5, 0.6) is 11.5 Å². The molecule has 0 saturated carbocycles. The van der Waals surface area contributed by atoms with E-state index < -0.39 is 0 Å².